The van der Waals surface area contributed by atoms with Gasteiger partial charge >= 0.3 is 6.18 Å². The van der Waals surface area contributed by atoms with Crippen molar-refractivity contribution in [3.05, 3.63) is 64.7 Å². The number of anilines is 1. The highest BCUT2D eigenvalue weighted by atomic mass is 35.5. The Morgan fingerprint density at radius 3 is 2.30 bits per heavy atom. The number of hydrogen-bond acceptors (Lipinski definition) is 4. The van der Waals surface area contributed by atoms with Crippen LogP contribution in [0.4, 0.5) is 18.9 Å². The molecule has 0 spiro atoms. The molecule has 33 heavy (non-hydrogen) atoms. The number of piperazine rings is 1. The number of benzene rings is 2. The van der Waals surface area contributed by atoms with Gasteiger partial charge in [-0.15, -0.1) is 0 Å². The lowest BCUT2D eigenvalue weighted by atomic mass is 9.96. The van der Waals surface area contributed by atoms with Crippen LogP contribution in [0.5, 0.6) is 0 Å². The first-order chi connectivity index (χ1) is 15.5. The average molecular weight is 501 g/mol. The van der Waals surface area contributed by atoms with Crippen LogP contribution in [0.25, 0.3) is 0 Å². The zero-order chi connectivity index (χ0) is 23.8. The van der Waals surface area contributed by atoms with Gasteiger partial charge in [-0.05, 0) is 36.6 Å². The van der Waals surface area contributed by atoms with E-state index in [2.05, 4.69) is 0 Å². The number of hydrogen-bond donors (Lipinski definition) is 0. The van der Waals surface area contributed by atoms with E-state index >= 15 is 0 Å². The number of nitrogens with zero attached hydrogens (tertiary/aromatic N) is 2. The maximum absolute atomic E-state index is 13.4. The second-order valence-electron chi connectivity index (χ2n) is 8.49. The quantitative estimate of drug-likeness (QED) is 0.619. The molecule has 0 aromatic heterocycles. The first-order valence-corrected chi connectivity index (χ1v) is 12.9. The van der Waals surface area contributed by atoms with Gasteiger partial charge in [0.1, 0.15) is 9.84 Å². The Hall–Kier alpha value is -2.26. The van der Waals surface area contributed by atoms with Crippen molar-refractivity contribution in [1.82, 2.24) is 4.90 Å². The summed E-state index contributed by atoms with van der Waals surface area (Å²) in [6, 6.07) is 12.8. The summed E-state index contributed by atoms with van der Waals surface area (Å²) in [6.07, 6.45) is -3.96. The molecule has 2 aromatic carbocycles. The highest BCUT2D eigenvalue weighted by Gasteiger charge is 2.38. The van der Waals surface area contributed by atoms with Crippen LogP contribution in [-0.2, 0) is 20.8 Å². The standard InChI is InChI=1S/C23H24ClF3N2O3S/c24-20-7-6-18(14-19(20)23(25,26)27)28-10-11-29(21(15-28)16-4-2-1-3-5-16)22(30)17-8-12-33(31,32)13-9-17/h1-7,14,17,21H,8-13,15H2. The summed E-state index contributed by atoms with van der Waals surface area (Å²) < 4.78 is 63.7. The zero-order valence-electron chi connectivity index (χ0n) is 17.8. The van der Waals surface area contributed by atoms with E-state index in [1.165, 1.54) is 6.07 Å². The number of rotatable bonds is 3. The number of carbonyl (C=O) groups excluding carboxylic acids is 1. The van der Waals surface area contributed by atoms with E-state index in [4.69, 9.17) is 11.6 Å². The van der Waals surface area contributed by atoms with Gasteiger partial charge in [0.05, 0.1) is 28.1 Å². The molecule has 1 amide bonds. The molecule has 2 aromatic rings. The fraction of sp³-hybridized carbons (Fsp3) is 0.435. The number of sulfone groups is 1. The maximum atomic E-state index is 13.4. The summed E-state index contributed by atoms with van der Waals surface area (Å²) in [5.74, 6) is -0.446. The summed E-state index contributed by atoms with van der Waals surface area (Å²) in [7, 11) is -3.09. The van der Waals surface area contributed by atoms with Gasteiger partial charge in [-0.2, -0.15) is 13.2 Å². The van der Waals surface area contributed by atoms with Crippen LogP contribution in [0.1, 0.15) is 30.0 Å². The van der Waals surface area contributed by atoms with Gasteiger partial charge in [-0.25, -0.2) is 8.42 Å². The van der Waals surface area contributed by atoms with Gasteiger partial charge in [0.25, 0.3) is 0 Å². The summed E-state index contributed by atoms with van der Waals surface area (Å²) >= 11 is 5.78. The molecule has 178 valence electrons. The number of carbonyl (C=O) groups is 1. The lowest BCUT2D eigenvalue weighted by molar-refractivity contribution is -0.139. The van der Waals surface area contributed by atoms with Crippen molar-refractivity contribution < 1.29 is 26.4 Å². The Labute approximate surface area is 196 Å². The molecule has 2 aliphatic heterocycles. The topological polar surface area (TPSA) is 57.7 Å². The smallest absolute Gasteiger partial charge is 0.367 e. The molecule has 2 fully saturated rings. The molecule has 5 nitrogen and oxygen atoms in total. The monoisotopic (exact) mass is 500 g/mol. The molecule has 2 heterocycles. The molecular formula is C23H24ClF3N2O3S. The minimum Gasteiger partial charge on any atom is -0.367 e. The van der Waals surface area contributed by atoms with E-state index in [1.807, 2.05) is 35.2 Å². The van der Waals surface area contributed by atoms with Crippen LogP contribution in [0, 0.1) is 5.92 Å². The third-order valence-electron chi connectivity index (χ3n) is 6.37. The highest BCUT2D eigenvalue weighted by Crippen LogP contribution is 2.38. The van der Waals surface area contributed by atoms with Crippen LogP contribution in [0.3, 0.4) is 0 Å². The Kier molecular flexibility index (Phi) is 6.64. The zero-order valence-corrected chi connectivity index (χ0v) is 19.3. The number of halogens is 4. The Morgan fingerprint density at radius 2 is 1.67 bits per heavy atom. The SMILES string of the molecule is O=C(C1CCS(=O)(=O)CC1)N1CCN(c2ccc(Cl)c(C(F)(F)F)c2)CC1c1ccccc1. The molecule has 0 aliphatic carbocycles. The molecule has 1 atom stereocenters. The molecule has 0 saturated carbocycles. The largest absolute Gasteiger partial charge is 0.417 e. The summed E-state index contributed by atoms with van der Waals surface area (Å²) in [4.78, 5) is 17.0. The van der Waals surface area contributed by atoms with Crippen molar-refractivity contribution in [2.24, 2.45) is 5.92 Å². The van der Waals surface area contributed by atoms with Crippen molar-refractivity contribution >= 4 is 33.0 Å². The van der Waals surface area contributed by atoms with Crippen LogP contribution in [0.2, 0.25) is 5.02 Å². The normalized spacial score (nSPS) is 21.8. The van der Waals surface area contributed by atoms with E-state index in [0.717, 1.165) is 11.6 Å². The maximum Gasteiger partial charge on any atom is 0.417 e. The first-order valence-electron chi connectivity index (χ1n) is 10.7. The van der Waals surface area contributed by atoms with E-state index in [9.17, 15) is 26.4 Å². The summed E-state index contributed by atoms with van der Waals surface area (Å²) in [5, 5.41) is -0.355. The fourth-order valence-corrected chi connectivity index (χ4v) is 6.26. The molecular weight excluding hydrogens is 477 g/mol. The lowest BCUT2D eigenvalue weighted by Gasteiger charge is -2.44. The predicted octanol–water partition coefficient (Wildman–Crippen LogP) is 4.57. The van der Waals surface area contributed by atoms with E-state index in [-0.39, 0.29) is 34.4 Å². The second-order valence-corrected chi connectivity index (χ2v) is 11.2. The van der Waals surface area contributed by atoms with E-state index in [0.29, 0.717) is 38.2 Å². The Bertz CT molecular complexity index is 1110. The predicted molar refractivity (Wildman–Crippen MR) is 121 cm³/mol. The minimum absolute atomic E-state index is 0.00433. The minimum atomic E-state index is -4.56. The molecule has 0 N–H and O–H groups in total. The third kappa shape index (κ3) is 5.30. The summed E-state index contributed by atoms with van der Waals surface area (Å²) in [5.41, 5.74) is 0.382. The Balaban J connectivity index is 1.60. The summed E-state index contributed by atoms with van der Waals surface area (Å²) in [6.45, 7) is 1.00. The van der Waals surface area contributed by atoms with E-state index < -0.39 is 21.6 Å². The van der Waals surface area contributed by atoms with Gasteiger partial charge in [0.2, 0.25) is 5.91 Å². The van der Waals surface area contributed by atoms with Crippen molar-refractivity contribution in [1.29, 1.82) is 0 Å². The first kappa shape index (κ1) is 23.9. The van der Waals surface area contributed by atoms with Gasteiger partial charge < -0.3 is 9.80 Å². The van der Waals surface area contributed by atoms with Crippen LogP contribution < -0.4 is 4.90 Å². The lowest BCUT2D eigenvalue weighted by Crippen LogP contribution is -2.53. The second kappa shape index (κ2) is 9.18. The molecule has 0 radical (unpaired) electrons. The number of alkyl halides is 3. The molecule has 2 saturated heterocycles. The van der Waals surface area contributed by atoms with Crippen molar-refractivity contribution in [2.45, 2.75) is 25.1 Å². The molecule has 10 heteroatoms. The molecule has 4 rings (SSSR count). The van der Waals surface area contributed by atoms with Gasteiger partial charge in [0, 0.05) is 31.2 Å². The molecule has 0 bridgehead atoms. The van der Waals surface area contributed by atoms with Gasteiger partial charge in [0.15, 0.2) is 0 Å². The number of amides is 1. The van der Waals surface area contributed by atoms with Crippen LogP contribution >= 0.6 is 11.6 Å². The van der Waals surface area contributed by atoms with Crippen molar-refractivity contribution in [3.8, 4) is 0 Å². The molecule has 2 aliphatic rings. The Morgan fingerprint density at radius 1 is 1.00 bits per heavy atom. The molecule has 1 unspecified atom stereocenters. The van der Waals surface area contributed by atoms with Crippen molar-refractivity contribution in [3.63, 3.8) is 0 Å². The van der Waals surface area contributed by atoms with E-state index in [1.54, 1.807) is 11.0 Å². The average Bonchev–Trinajstić information content (AvgIpc) is 2.78. The van der Waals surface area contributed by atoms with Gasteiger partial charge in [-0.1, -0.05) is 41.9 Å². The highest BCUT2D eigenvalue weighted by molar-refractivity contribution is 7.91. The van der Waals surface area contributed by atoms with Gasteiger partial charge in [-0.3, -0.25) is 4.79 Å². The van der Waals surface area contributed by atoms with Crippen LogP contribution in [-0.4, -0.2) is 50.4 Å². The fourth-order valence-electron chi connectivity index (χ4n) is 4.54. The van der Waals surface area contributed by atoms with Crippen molar-refractivity contribution in [2.75, 3.05) is 36.0 Å². The van der Waals surface area contributed by atoms with Crippen LogP contribution in [0.15, 0.2) is 48.5 Å². The third-order valence-corrected chi connectivity index (χ3v) is 8.42.